The van der Waals surface area contributed by atoms with Gasteiger partial charge in [-0.2, -0.15) is 13.2 Å². The number of aryl methyl sites for hydroxylation is 1. The molecule has 0 aliphatic carbocycles. The minimum Gasteiger partial charge on any atom is -0.496 e. The van der Waals surface area contributed by atoms with E-state index in [1.807, 2.05) is 58.1 Å². The third kappa shape index (κ3) is 9.18. The molecule has 3 aromatic rings. The minimum atomic E-state index is -4.08. The third-order valence-electron chi connectivity index (χ3n) is 6.51. The number of rotatable bonds is 7. The lowest BCUT2D eigenvalue weighted by Crippen LogP contribution is -2.46. The van der Waals surface area contributed by atoms with E-state index in [-0.39, 0.29) is 6.54 Å². The van der Waals surface area contributed by atoms with Gasteiger partial charge in [0.15, 0.2) is 0 Å². The van der Waals surface area contributed by atoms with Crippen LogP contribution in [-0.4, -0.2) is 86.0 Å². The summed E-state index contributed by atoms with van der Waals surface area (Å²) in [4.78, 5) is 19.9. The van der Waals surface area contributed by atoms with Gasteiger partial charge in [0.25, 0.3) is 0 Å². The van der Waals surface area contributed by atoms with Crippen LogP contribution in [0.1, 0.15) is 41.8 Å². The van der Waals surface area contributed by atoms with Crippen LogP contribution < -0.4 is 9.64 Å². The van der Waals surface area contributed by atoms with E-state index in [2.05, 4.69) is 16.0 Å². The largest absolute Gasteiger partial charge is 0.496 e. The number of nitrogens with zero attached hydrogens (tertiary/aromatic N) is 3. The van der Waals surface area contributed by atoms with Crippen molar-refractivity contribution in [3.05, 3.63) is 59.3 Å². The molecule has 2 N–H and O–H groups in total. The van der Waals surface area contributed by atoms with Gasteiger partial charge in [-0.1, -0.05) is 26.0 Å². The number of aromatic carboxylic acids is 1. The first-order valence-electron chi connectivity index (χ1n) is 13.1. The first kappa shape index (κ1) is 32.0. The number of benzene rings is 2. The number of ether oxygens (including phenoxy) is 1. The zero-order valence-electron chi connectivity index (χ0n) is 23.7. The van der Waals surface area contributed by atoms with Gasteiger partial charge in [0.1, 0.15) is 5.75 Å². The maximum absolute atomic E-state index is 12.4. The first-order chi connectivity index (χ1) is 18.5. The van der Waals surface area contributed by atoms with E-state index in [0.29, 0.717) is 18.7 Å². The number of alkyl halides is 3. The van der Waals surface area contributed by atoms with Crippen LogP contribution in [0.2, 0.25) is 0 Å². The molecule has 1 saturated heterocycles. The van der Waals surface area contributed by atoms with Crippen LogP contribution in [0, 0.1) is 6.92 Å². The van der Waals surface area contributed by atoms with Crippen LogP contribution in [0.3, 0.4) is 0 Å². The van der Waals surface area contributed by atoms with Gasteiger partial charge in [-0.05, 0) is 36.8 Å². The maximum Gasteiger partial charge on any atom is 0.390 e. The van der Waals surface area contributed by atoms with E-state index >= 15 is 0 Å². The van der Waals surface area contributed by atoms with Gasteiger partial charge in [0.05, 0.1) is 24.8 Å². The summed E-state index contributed by atoms with van der Waals surface area (Å²) in [5, 5.41) is 9.94. The monoisotopic (exact) mass is 550 g/mol. The van der Waals surface area contributed by atoms with Crippen LogP contribution in [0.25, 0.3) is 10.9 Å². The number of nitrogens with one attached hydrogen (secondary N) is 1. The molecule has 2 aromatic carbocycles. The summed E-state index contributed by atoms with van der Waals surface area (Å²) in [6, 6.07) is 11.0. The van der Waals surface area contributed by atoms with Gasteiger partial charge >= 0.3 is 12.1 Å². The topological polar surface area (TPSA) is 72.0 Å². The van der Waals surface area contributed by atoms with Gasteiger partial charge in [-0.25, -0.2) is 4.79 Å². The number of fused-ring (bicyclic) bond motifs is 1. The van der Waals surface area contributed by atoms with E-state index in [4.69, 9.17) is 9.84 Å². The lowest BCUT2D eigenvalue weighted by atomic mass is 10.0. The Morgan fingerprint density at radius 3 is 2.23 bits per heavy atom. The van der Waals surface area contributed by atoms with Crippen LogP contribution in [-0.2, 0) is 6.54 Å². The summed E-state index contributed by atoms with van der Waals surface area (Å²) in [5.74, 6) is -0.0246. The molecule has 1 aliphatic heterocycles. The molecule has 7 nitrogen and oxygen atoms in total. The molecule has 1 fully saturated rings. The number of para-hydroxylation sites is 1. The highest BCUT2D eigenvalue weighted by molar-refractivity contribution is 5.94. The average molecular weight is 551 g/mol. The summed E-state index contributed by atoms with van der Waals surface area (Å²) in [7, 11) is 5.31. The zero-order chi connectivity index (χ0) is 29.2. The number of piperazine rings is 1. The average Bonchev–Trinajstić information content (AvgIpc) is 3.41. The second-order valence-electron chi connectivity index (χ2n) is 9.34. The summed E-state index contributed by atoms with van der Waals surface area (Å²) in [6.07, 6.45) is -2.88. The molecule has 2 heterocycles. The predicted octanol–water partition coefficient (Wildman–Crippen LogP) is 6.03. The molecule has 4 rings (SSSR count). The van der Waals surface area contributed by atoms with Crippen molar-refractivity contribution < 1.29 is 27.8 Å². The van der Waals surface area contributed by atoms with Gasteiger partial charge in [0.2, 0.25) is 0 Å². The number of anilines is 1. The number of hydrogen-bond acceptors (Lipinski definition) is 5. The molecule has 0 amide bonds. The summed E-state index contributed by atoms with van der Waals surface area (Å²) < 4.78 is 42.6. The fourth-order valence-electron chi connectivity index (χ4n) is 4.50. The number of methoxy groups -OCH3 is 1. The predicted molar refractivity (Wildman–Crippen MR) is 151 cm³/mol. The number of carbonyl (C=O) groups is 1. The van der Waals surface area contributed by atoms with Crippen molar-refractivity contribution in [1.82, 2.24) is 14.8 Å². The lowest BCUT2D eigenvalue weighted by Gasteiger charge is -2.35. The van der Waals surface area contributed by atoms with Crippen LogP contribution >= 0.6 is 0 Å². The Balaban J connectivity index is 0.000000320. The van der Waals surface area contributed by atoms with E-state index in [0.717, 1.165) is 53.1 Å². The molecule has 1 aliphatic rings. The zero-order valence-corrected chi connectivity index (χ0v) is 23.7. The molecular formula is C29H41F3N4O3. The molecular weight excluding hydrogens is 509 g/mol. The van der Waals surface area contributed by atoms with Crippen molar-refractivity contribution in [1.29, 1.82) is 0 Å². The van der Waals surface area contributed by atoms with Gasteiger partial charge in [0, 0.05) is 76.0 Å². The van der Waals surface area contributed by atoms with Crippen molar-refractivity contribution in [3.8, 4) is 5.75 Å². The Labute approximate surface area is 229 Å². The Morgan fingerprint density at radius 1 is 1.08 bits per heavy atom. The van der Waals surface area contributed by atoms with Crippen LogP contribution in [0.4, 0.5) is 18.9 Å². The highest BCUT2D eigenvalue weighted by atomic mass is 19.4. The molecule has 216 valence electrons. The van der Waals surface area contributed by atoms with Crippen molar-refractivity contribution in [3.63, 3.8) is 0 Å². The lowest BCUT2D eigenvalue weighted by molar-refractivity contribution is -0.138. The fourth-order valence-corrected chi connectivity index (χ4v) is 4.50. The van der Waals surface area contributed by atoms with Crippen molar-refractivity contribution in [2.45, 2.75) is 39.9 Å². The van der Waals surface area contributed by atoms with E-state index in [1.165, 1.54) is 0 Å². The molecule has 10 heteroatoms. The van der Waals surface area contributed by atoms with E-state index in [9.17, 15) is 18.0 Å². The molecule has 1 aromatic heterocycles. The van der Waals surface area contributed by atoms with Crippen LogP contribution in [0.15, 0.2) is 42.6 Å². The van der Waals surface area contributed by atoms with Crippen molar-refractivity contribution in [2.24, 2.45) is 0 Å². The number of H-pyrrole nitrogens is 1. The highest BCUT2D eigenvalue weighted by Crippen LogP contribution is 2.32. The van der Waals surface area contributed by atoms with Crippen molar-refractivity contribution in [2.75, 3.05) is 58.8 Å². The molecule has 0 radical (unpaired) electrons. The number of carboxylic acids is 1. The maximum atomic E-state index is 12.4. The van der Waals surface area contributed by atoms with E-state index in [1.54, 1.807) is 30.2 Å². The molecule has 0 unspecified atom stereocenters. The highest BCUT2D eigenvalue weighted by Gasteiger charge is 2.29. The Morgan fingerprint density at radius 2 is 1.69 bits per heavy atom. The van der Waals surface area contributed by atoms with Gasteiger partial charge in [-0.15, -0.1) is 0 Å². The van der Waals surface area contributed by atoms with Gasteiger partial charge in [-0.3, -0.25) is 4.90 Å². The van der Waals surface area contributed by atoms with Gasteiger partial charge < -0.3 is 24.6 Å². The minimum absolute atomic E-state index is 0.0905. The smallest absolute Gasteiger partial charge is 0.390 e. The Kier molecular flexibility index (Phi) is 12.1. The quantitative estimate of drug-likeness (QED) is 0.374. The molecule has 0 spiro atoms. The van der Waals surface area contributed by atoms with Crippen molar-refractivity contribution >= 4 is 22.6 Å². The SMILES string of the molecule is CC.CN(C)c1ccccc1C(=O)O.COc1cc(C)c2[nH]ccc2c1CN1CCN(CCC(F)(F)F)CC1. The Bertz CT molecular complexity index is 1190. The first-order valence-corrected chi connectivity index (χ1v) is 13.1. The second kappa shape index (κ2) is 14.8. The fraction of sp³-hybridized carbons (Fsp3) is 0.483. The number of halogens is 3. The summed E-state index contributed by atoms with van der Waals surface area (Å²) in [5.41, 5.74) is 4.44. The second-order valence-corrected chi connectivity index (χ2v) is 9.34. The molecule has 39 heavy (non-hydrogen) atoms. The Hall–Kier alpha value is -3.24. The number of carboxylic acid groups (broad SMARTS) is 1. The number of aromatic amines is 1. The number of aromatic nitrogens is 1. The normalized spacial score (nSPS) is 14.2. The number of hydrogen-bond donors (Lipinski definition) is 2. The van der Waals surface area contributed by atoms with Crippen LogP contribution in [0.5, 0.6) is 5.75 Å². The summed E-state index contributed by atoms with van der Waals surface area (Å²) >= 11 is 0. The third-order valence-corrected chi connectivity index (χ3v) is 6.51. The standard InChI is InChI=1S/C18H24F3N3O.C9H11NO2.C2H6/c1-13-11-16(25-2)15(14-3-5-22-17(13)14)12-24-9-7-23(8-10-24)6-4-18(19,20)21;1-10(2)8-6-4-3-5-7(8)9(11)12;1-2/h3,5,11,22H,4,6-10,12H2,1-2H3;3-6H,1-2H3,(H,11,12);1-2H3. The molecule has 0 atom stereocenters. The summed E-state index contributed by atoms with van der Waals surface area (Å²) in [6.45, 7) is 9.74. The molecule has 0 bridgehead atoms. The van der Waals surface area contributed by atoms with E-state index < -0.39 is 18.6 Å². The molecule has 0 saturated carbocycles.